The lowest BCUT2D eigenvalue weighted by molar-refractivity contribution is -0.0907. The highest BCUT2D eigenvalue weighted by Gasteiger charge is 2.43. The van der Waals surface area contributed by atoms with E-state index in [1.54, 1.807) is 12.1 Å². The first-order chi connectivity index (χ1) is 18.0. The highest BCUT2D eigenvalue weighted by atomic mass is 16.7. The fraction of sp³-hybridized carbons (Fsp3) is 0.464. The normalized spacial score (nSPS) is 25.3. The summed E-state index contributed by atoms with van der Waals surface area (Å²) in [6.45, 7) is 5.23. The molecule has 0 spiro atoms. The summed E-state index contributed by atoms with van der Waals surface area (Å²) in [5.74, 6) is 1.90. The fourth-order valence-electron chi connectivity index (χ4n) is 5.63. The molecule has 0 radical (unpaired) electrons. The van der Waals surface area contributed by atoms with E-state index in [9.17, 15) is 9.90 Å². The second-order valence-electron chi connectivity index (χ2n) is 10.2. The predicted octanol–water partition coefficient (Wildman–Crippen LogP) is 4.51. The Morgan fingerprint density at radius 2 is 2.11 bits per heavy atom. The van der Waals surface area contributed by atoms with E-state index in [2.05, 4.69) is 28.4 Å². The number of aromatic nitrogens is 2. The van der Waals surface area contributed by atoms with Crippen LogP contribution in [0, 0.1) is 18.8 Å². The molecule has 2 N–H and O–H groups in total. The molecule has 0 bridgehead atoms. The molecule has 1 amide bonds. The van der Waals surface area contributed by atoms with Crippen molar-refractivity contribution in [3.63, 3.8) is 0 Å². The zero-order chi connectivity index (χ0) is 25.4. The van der Waals surface area contributed by atoms with Gasteiger partial charge in [-0.3, -0.25) is 0 Å². The summed E-state index contributed by atoms with van der Waals surface area (Å²) in [6, 6.07) is 13.3. The van der Waals surface area contributed by atoms with Gasteiger partial charge in [-0.05, 0) is 61.9 Å². The molecule has 4 atom stereocenters. The van der Waals surface area contributed by atoms with E-state index in [0.717, 1.165) is 54.6 Å². The van der Waals surface area contributed by atoms with Crippen molar-refractivity contribution in [2.75, 3.05) is 37.7 Å². The van der Waals surface area contributed by atoms with Gasteiger partial charge in [0.25, 0.3) is 0 Å². The Hall–Kier alpha value is -3.43. The Morgan fingerprint density at radius 3 is 3.00 bits per heavy atom. The molecule has 3 saturated heterocycles. The van der Waals surface area contributed by atoms with Crippen molar-refractivity contribution in [1.82, 2.24) is 15.3 Å². The minimum Gasteiger partial charge on any atom is -0.507 e. The number of para-hydroxylation sites is 1. The molecule has 4 heterocycles. The molecule has 3 fully saturated rings. The SMILES string of the molecule is Cc1ccc2c(N3CCC[C@@H](CNC(=O)O[C@H]4CO[C@@H]5OCC[C@@H]54)C3)nc(-c3ccccc3O)nc2c1.[HH].[HH]. The topological polar surface area (TPSA) is 106 Å². The van der Waals surface area contributed by atoms with Gasteiger partial charge in [0.15, 0.2) is 12.1 Å². The van der Waals surface area contributed by atoms with Crippen LogP contribution in [0.4, 0.5) is 10.6 Å². The van der Waals surface area contributed by atoms with Crippen molar-refractivity contribution >= 4 is 22.8 Å². The number of alkyl carbamates (subject to hydrolysis) is 1. The highest BCUT2D eigenvalue weighted by molar-refractivity contribution is 5.92. The summed E-state index contributed by atoms with van der Waals surface area (Å²) in [5.41, 5.74) is 2.57. The van der Waals surface area contributed by atoms with Gasteiger partial charge in [-0.25, -0.2) is 14.8 Å². The van der Waals surface area contributed by atoms with E-state index in [0.29, 0.717) is 31.1 Å². The number of hydrogen-bond acceptors (Lipinski definition) is 8. The van der Waals surface area contributed by atoms with Crippen molar-refractivity contribution in [3.8, 4) is 17.1 Å². The van der Waals surface area contributed by atoms with Crippen LogP contribution < -0.4 is 10.2 Å². The maximum atomic E-state index is 12.5. The maximum Gasteiger partial charge on any atom is 0.407 e. The monoisotopic (exact) mass is 508 g/mol. The zero-order valence-electron chi connectivity index (χ0n) is 20.9. The van der Waals surface area contributed by atoms with Crippen LogP contribution in [0.15, 0.2) is 42.5 Å². The summed E-state index contributed by atoms with van der Waals surface area (Å²) >= 11 is 0. The molecule has 9 nitrogen and oxygen atoms in total. The first-order valence-corrected chi connectivity index (χ1v) is 13.0. The number of hydrogen-bond donors (Lipinski definition) is 2. The number of aromatic hydroxyl groups is 1. The molecule has 0 saturated carbocycles. The molecule has 198 valence electrons. The lowest BCUT2D eigenvalue weighted by Gasteiger charge is -2.34. The van der Waals surface area contributed by atoms with Crippen LogP contribution in [0.25, 0.3) is 22.3 Å². The van der Waals surface area contributed by atoms with E-state index in [1.165, 1.54) is 0 Å². The second-order valence-corrected chi connectivity index (χ2v) is 10.2. The van der Waals surface area contributed by atoms with Gasteiger partial charge >= 0.3 is 6.09 Å². The number of nitrogens with one attached hydrogen (secondary N) is 1. The number of anilines is 1. The Bertz CT molecular complexity index is 1310. The van der Waals surface area contributed by atoms with Gasteiger partial charge in [-0.15, -0.1) is 0 Å². The van der Waals surface area contributed by atoms with Crippen LogP contribution in [-0.2, 0) is 14.2 Å². The average Bonchev–Trinajstić information content (AvgIpc) is 3.52. The first kappa shape index (κ1) is 23.9. The van der Waals surface area contributed by atoms with Crippen molar-refractivity contribution in [1.29, 1.82) is 0 Å². The Kier molecular flexibility index (Phi) is 6.56. The molecular formula is C28H36N4O5. The van der Waals surface area contributed by atoms with Crippen molar-refractivity contribution < 1.29 is 27.0 Å². The Labute approximate surface area is 218 Å². The molecular weight excluding hydrogens is 472 g/mol. The van der Waals surface area contributed by atoms with Crippen LogP contribution >= 0.6 is 0 Å². The third-order valence-electron chi connectivity index (χ3n) is 7.57. The molecule has 2 aromatic carbocycles. The van der Waals surface area contributed by atoms with Crippen LogP contribution in [0.2, 0.25) is 0 Å². The number of fused-ring (bicyclic) bond motifs is 2. The maximum absolute atomic E-state index is 12.5. The van der Waals surface area contributed by atoms with E-state index >= 15 is 0 Å². The predicted molar refractivity (Wildman–Crippen MR) is 143 cm³/mol. The van der Waals surface area contributed by atoms with Crippen molar-refractivity contribution in [3.05, 3.63) is 48.0 Å². The van der Waals surface area contributed by atoms with E-state index < -0.39 is 6.09 Å². The quantitative estimate of drug-likeness (QED) is 0.519. The summed E-state index contributed by atoms with van der Waals surface area (Å²) in [6.07, 6.45) is 1.97. The van der Waals surface area contributed by atoms with Gasteiger partial charge in [0.1, 0.15) is 17.7 Å². The third kappa shape index (κ3) is 4.93. The summed E-state index contributed by atoms with van der Waals surface area (Å²) in [4.78, 5) is 24.5. The number of benzene rings is 2. The third-order valence-corrected chi connectivity index (χ3v) is 7.57. The summed E-state index contributed by atoms with van der Waals surface area (Å²) < 4.78 is 16.8. The Morgan fingerprint density at radius 1 is 1.22 bits per heavy atom. The number of nitrogens with zero attached hydrogens (tertiary/aromatic N) is 3. The number of aryl methyl sites for hydroxylation is 1. The average molecular weight is 509 g/mol. The number of rotatable bonds is 5. The van der Waals surface area contributed by atoms with E-state index in [-0.39, 0.29) is 32.8 Å². The lowest BCUT2D eigenvalue weighted by Crippen LogP contribution is -2.42. The van der Waals surface area contributed by atoms with Crippen molar-refractivity contribution in [2.24, 2.45) is 11.8 Å². The second kappa shape index (κ2) is 10.1. The number of ether oxygens (including phenoxy) is 3. The van der Waals surface area contributed by atoms with Crippen molar-refractivity contribution in [2.45, 2.75) is 38.6 Å². The number of piperidine rings is 1. The van der Waals surface area contributed by atoms with Gasteiger partial charge in [0.2, 0.25) is 0 Å². The first-order valence-electron chi connectivity index (χ1n) is 13.0. The van der Waals surface area contributed by atoms with Gasteiger partial charge in [-0.1, -0.05) is 18.2 Å². The smallest absolute Gasteiger partial charge is 0.407 e. The van der Waals surface area contributed by atoms with Gasteiger partial charge in [0, 0.05) is 27.9 Å². The molecule has 0 unspecified atom stereocenters. The largest absolute Gasteiger partial charge is 0.507 e. The molecule has 3 aliphatic heterocycles. The number of carbonyl (C=O) groups is 1. The van der Waals surface area contributed by atoms with Crippen LogP contribution in [-0.4, -0.2) is 66.4 Å². The lowest BCUT2D eigenvalue weighted by atomic mass is 9.97. The van der Waals surface area contributed by atoms with E-state index in [1.807, 2.05) is 19.1 Å². The van der Waals surface area contributed by atoms with Gasteiger partial charge in [0.05, 0.1) is 30.2 Å². The molecule has 1 aromatic heterocycles. The zero-order valence-corrected chi connectivity index (χ0v) is 20.9. The minimum atomic E-state index is -0.400. The van der Waals surface area contributed by atoms with Gasteiger partial charge in [-0.2, -0.15) is 0 Å². The molecule has 3 aliphatic rings. The van der Waals surface area contributed by atoms with E-state index in [4.69, 9.17) is 24.2 Å². The molecule has 0 aliphatic carbocycles. The highest BCUT2D eigenvalue weighted by Crippen LogP contribution is 2.34. The molecule has 3 aromatic rings. The summed E-state index contributed by atoms with van der Waals surface area (Å²) in [7, 11) is 0. The molecule has 9 heteroatoms. The molecule has 6 rings (SSSR count). The fourth-order valence-corrected chi connectivity index (χ4v) is 5.63. The number of carbonyl (C=O) groups excluding carboxylic acids is 1. The number of phenols is 1. The summed E-state index contributed by atoms with van der Waals surface area (Å²) in [5, 5.41) is 14.4. The van der Waals surface area contributed by atoms with Crippen LogP contribution in [0.1, 0.15) is 27.7 Å². The molecule has 37 heavy (non-hydrogen) atoms. The van der Waals surface area contributed by atoms with Crippen LogP contribution in [0.3, 0.4) is 0 Å². The van der Waals surface area contributed by atoms with Crippen LogP contribution in [0.5, 0.6) is 5.75 Å². The minimum absolute atomic E-state index is 0. The van der Waals surface area contributed by atoms with Gasteiger partial charge < -0.3 is 29.5 Å². The standard InChI is InChI=1S/C28H32N4O5.2H2/c1-17-8-9-19-22(13-17)30-25(20-6-2-3-7-23(20)33)31-26(19)32-11-4-5-18(15-32)14-29-28(34)37-24-16-36-27-21(24)10-12-35-27;;/h2-3,6-9,13,18,21,24,27,33H,4-5,10-12,14-16H2,1H3,(H,29,34);2*1H/t18-,21+,24-,27-;;/m0../s1. The number of amides is 1. The number of phenolic OH excluding ortho intramolecular Hbond substituents is 1. The Balaban J connectivity index is 0.00000176.